The van der Waals surface area contributed by atoms with Crippen molar-refractivity contribution in [1.29, 1.82) is 0 Å². The predicted octanol–water partition coefficient (Wildman–Crippen LogP) is 3.37. The van der Waals surface area contributed by atoms with Crippen molar-refractivity contribution < 1.29 is 4.74 Å². The summed E-state index contributed by atoms with van der Waals surface area (Å²) >= 11 is 0. The largest absolute Gasteiger partial charge is 0.487 e. The van der Waals surface area contributed by atoms with E-state index in [9.17, 15) is 0 Å². The molecule has 1 aromatic carbocycles. The van der Waals surface area contributed by atoms with Crippen LogP contribution in [-0.4, -0.2) is 15.6 Å². The molecule has 0 amide bonds. The van der Waals surface area contributed by atoms with E-state index in [-0.39, 0.29) is 0 Å². The van der Waals surface area contributed by atoms with Gasteiger partial charge in [0.05, 0.1) is 18.2 Å². The summed E-state index contributed by atoms with van der Waals surface area (Å²) in [6, 6.07) is 8.76. The Morgan fingerprint density at radius 3 is 2.67 bits per heavy atom. The van der Waals surface area contributed by atoms with Gasteiger partial charge in [0.25, 0.3) is 0 Å². The Morgan fingerprint density at radius 2 is 2.00 bits per heavy atom. The number of aryl methyl sites for hydroxylation is 1. The summed E-state index contributed by atoms with van der Waals surface area (Å²) in [4.78, 5) is 4.18. The highest BCUT2D eigenvalue weighted by molar-refractivity contribution is 5.27. The van der Waals surface area contributed by atoms with Gasteiger partial charge in [0, 0.05) is 19.1 Å². The quantitative estimate of drug-likeness (QED) is 0.809. The van der Waals surface area contributed by atoms with Crippen LogP contribution in [0.5, 0.6) is 5.75 Å². The zero-order valence-electron chi connectivity index (χ0n) is 13.2. The van der Waals surface area contributed by atoms with Crippen LogP contribution in [0.4, 0.5) is 0 Å². The monoisotopic (exact) mass is 287 g/mol. The number of nitrogens with one attached hydrogen (secondary N) is 1. The van der Waals surface area contributed by atoms with Crippen molar-refractivity contribution in [3.63, 3.8) is 0 Å². The molecule has 0 aliphatic carbocycles. The van der Waals surface area contributed by atoms with Gasteiger partial charge in [0.15, 0.2) is 0 Å². The lowest BCUT2D eigenvalue weighted by Crippen LogP contribution is -2.21. The SMILES string of the molecule is CCCn1cncc1COc1ccc(CNC(C)C)cc1. The number of ether oxygens (including phenoxy) is 1. The lowest BCUT2D eigenvalue weighted by molar-refractivity contribution is 0.294. The highest BCUT2D eigenvalue weighted by Crippen LogP contribution is 2.14. The maximum absolute atomic E-state index is 5.84. The number of aromatic nitrogens is 2. The van der Waals surface area contributed by atoms with E-state index in [0.717, 1.165) is 31.0 Å². The maximum atomic E-state index is 5.84. The molecule has 0 bridgehead atoms. The maximum Gasteiger partial charge on any atom is 0.130 e. The van der Waals surface area contributed by atoms with Crippen molar-refractivity contribution in [3.05, 3.63) is 48.0 Å². The summed E-state index contributed by atoms with van der Waals surface area (Å²) in [5, 5.41) is 3.40. The Morgan fingerprint density at radius 1 is 1.24 bits per heavy atom. The molecule has 4 heteroatoms. The molecule has 2 aromatic rings. The molecule has 0 atom stereocenters. The Labute approximate surface area is 127 Å². The van der Waals surface area contributed by atoms with Gasteiger partial charge in [-0.3, -0.25) is 0 Å². The Hall–Kier alpha value is -1.81. The summed E-state index contributed by atoms with van der Waals surface area (Å²) in [7, 11) is 0. The molecular formula is C17H25N3O. The van der Waals surface area contributed by atoms with Crippen LogP contribution in [0.25, 0.3) is 0 Å². The van der Waals surface area contributed by atoms with Crippen LogP contribution < -0.4 is 10.1 Å². The summed E-state index contributed by atoms with van der Waals surface area (Å²) in [5.41, 5.74) is 2.38. The van der Waals surface area contributed by atoms with Crippen LogP contribution in [-0.2, 0) is 19.7 Å². The van der Waals surface area contributed by atoms with Gasteiger partial charge in [-0.25, -0.2) is 4.98 Å². The lowest BCUT2D eigenvalue weighted by atomic mass is 10.2. The molecule has 0 unspecified atom stereocenters. The smallest absolute Gasteiger partial charge is 0.130 e. The van der Waals surface area contributed by atoms with Gasteiger partial charge < -0.3 is 14.6 Å². The second kappa shape index (κ2) is 7.84. The van der Waals surface area contributed by atoms with Crippen LogP contribution in [0.1, 0.15) is 38.4 Å². The van der Waals surface area contributed by atoms with E-state index >= 15 is 0 Å². The zero-order chi connectivity index (χ0) is 15.1. The van der Waals surface area contributed by atoms with Crippen molar-refractivity contribution in [2.24, 2.45) is 0 Å². The number of hydrogen-bond donors (Lipinski definition) is 1. The number of imidazole rings is 1. The average molecular weight is 287 g/mol. The molecule has 1 N–H and O–H groups in total. The summed E-state index contributed by atoms with van der Waals surface area (Å²) < 4.78 is 7.98. The molecular weight excluding hydrogens is 262 g/mol. The number of nitrogens with zero attached hydrogens (tertiary/aromatic N) is 2. The van der Waals surface area contributed by atoms with E-state index in [1.807, 2.05) is 24.7 Å². The van der Waals surface area contributed by atoms with Gasteiger partial charge in [-0.05, 0) is 24.1 Å². The Bertz CT molecular complexity index is 531. The first kappa shape index (κ1) is 15.6. The van der Waals surface area contributed by atoms with E-state index in [2.05, 4.69) is 47.8 Å². The standard InChI is InChI=1S/C17H25N3O/c1-4-9-20-13-18-11-16(20)12-21-17-7-5-15(6-8-17)10-19-14(2)3/h5-8,11,13-14,19H,4,9-10,12H2,1-3H3. The molecule has 114 valence electrons. The zero-order valence-corrected chi connectivity index (χ0v) is 13.2. The van der Waals surface area contributed by atoms with Gasteiger partial charge in [-0.15, -0.1) is 0 Å². The van der Waals surface area contributed by atoms with E-state index in [0.29, 0.717) is 12.6 Å². The molecule has 4 nitrogen and oxygen atoms in total. The van der Waals surface area contributed by atoms with Gasteiger partial charge >= 0.3 is 0 Å². The van der Waals surface area contributed by atoms with Crippen molar-refractivity contribution >= 4 is 0 Å². The minimum Gasteiger partial charge on any atom is -0.487 e. The van der Waals surface area contributed by atoms with E-state index in [1.54, 1.807) is 0 Å². The van der Waals surface area contributed by atoms with Crippen LogP contribution >= 0.6 is 0 Å². The highest BCUT2D eigenvalue weighted by atomic mass is 16.5. The summed E-state index contributed by atoms with van der Waals surface area (Å²) in [6.45, 7) is 8.89. The number of hydrogen-bond acceptors (Lipinski definition) is 3. The van der Waals surface area contributed by atoms with Crippen LogP contribution in [0.15, 0.2) is 36.8 Å². The third kappa shape index (κ3) is 4.90. The van der Waals surface area contributed by atoms with E-state index in [4.69, 9.17) is 4.74 Å². The van der Waals surface area contributed by atoms with E-state index < -0.39 is 0 Å². The third-order valence-corrected chi connectivity index (χ3v) is 3.29. The first-order valence-electron chi connectivity index (χ1n) is 7.63. The Balaban J connectivity index is 1.87. The molecule has 0 aliphatic heterocycles. The molecule has 21 heavy (non-hydrogen) atoms. The fourth-order valence-electron chi connectivity index (χ4n) is 2.09. The first-order valence-corrected chi connectivity index (χ1v) is 7.63. The molecule has 0 fully saturated rings. The van der Waals surface area contributed by atoms with Crippen molar-refractivity contribution in [3.8, 4) is 5.75 Å². The Kier molecular flexibility index (Phi) is 5.81. The third-order valence-electron chi connectivity index (χ3n) is 3.29. The van der Waals surface area contributed by atoms with Gasteiger partial charge in [0.2, 0.25) is 0 Å². The molecule has 0 spiro atoms. The molecule has 0 saturated carbocycles. The molecule has 0 aliphatic rings. The first-order chi connectivity index (χ1) is 10.2. The molecule has 1 heterocycles. The number of rotatable bonds is 8. The molecule has 0 saturated heterocycles. The summed E-state index contributed by atoms with van der Waals surface area (Å²) in [6.07, 6.45) is 4.83. The van der Waals surface area contributed by atoms with E-state index in [1.165, 1.54) is 5.56 Å². The minimum atomic E-state index is 0.500. The molecule has 2 rings (SSSR count). The van der Waals surface area contributed by atoms with Crippen molar-refractivity contribution in [2.75, 3.05) is 0 Å². The molecule has 0 radical (unpaired) electrons. The predicted molar refractivity (Wildman–Crippen MR) is 85.3 cm³/mol. The van der Waals surface area contributed by atoms with Crippen LogP contribution in [0.2, 0.25) is 0 Å². The minimum absolute atomic E-state index is 0.500. The lowest BCUT2D eigenvalue weighted by Gasteiger charge is -2.10. The second-order valence-corrected chi connectivity index (χ2v) is 5.55. The van der Waals surface area contributed by atoms with Gasteiger partial charge in [0.1, 0.15) is 12.4 Å². The van der Waals surface area contributed by atoms with Gasteiger partial charge in [-0.2, -0.15) is 0 Å². The second-order valence-electron chi connectivity index (χ2n) is 5.55. The van der Waals surface area contributed by atoms with Crippen LogP contribution in [0, 0.1) is 0 Å². The van der Waals surface area contributed by atoms with Gasteiger partial charge in [-0.1, -0.05) is 32.9 Å². The average Bonchev–Trinajstić information content (AvgIpc) is 2.92. The van der Waals surface area contributed by atoms with Crippen molar-refractivity contribution in [2.45, 2.75) is 52.9 Å². The van der Waals surface area contributed by atoms with Crippen LogP contribution in [0.3, 0.4) is 0 Å². The fraction of sp³-hybridized carbons (Fsp3) is 0.471. The molecule has 1 aromatic heterocycles. The normalized spacial score (nSPS) is 11.0. The fourth-order valence-corrected chi connectivity index (χ4v) is 2.09. The topological polar surface area (TPSA) is 39.1 Å². The number of benzene rings is 1. The summed E-state index contributed by atoms with van der Waals surface area (Å²) in [5.74, 6) is 0.896. The van der Waals surface area contributed by atoms with Crippen molar-refractivity contribution in [1.82, 2.24) is 14.9 Å². The highest BCUT2D eigenvalue weighted by Gasteiger charge is 2.03.